The lowest BCUT2D eigenvalue weighted by Gasteiger charge is -2.29. The van der Waals surface area contributed by atoms with E-state index in [0.29, 0.717) is 0 Å². The number of hydrogen-bond donors (Lipinski definition) is 0. The summed E-state index contributed by atoms with van der Waals surface area (Å²) in [7, 11) is 1.64. The standard InChI is InChI=1S/C11H16O2/c1-3-6-10(9-12)11(13-2)7-4-5-8-11/h4-5,7-10H,3,6H2,1-2H3. The molecule has 2 nitrogen and oxygen atoms in total. The predicted molar refractivity (Wildman–Crippen MR) is 52.5 cm³/mol. The average Bonchev–Trinajstić information content (AvgIpc) is 2.63. The van der Waals surface area contributed by atoms with Gasteiger partial charge in [0.25, 0.3) is 0 Å². The van der Waals surface area contributed by atoms with Crippen molar-refractivity contribution < 1.29 is 9.53 Å². The highest BCUT2D eigenvalue weighted by Crippen LogP contribution is 2.30. The fraction of sp³-hybridized carbons (Fsp3) is 0.545. The van der Waals surface area contributed by atoms with Crippen LogP contribution in [0.2, 0.25) is 0 Å². The van der Waals surface area contributed by atoms with Gasteiger partial charge in [0.2, 0.25) is 0 Å². The molecule has 0 aromatic carbocycles. The molecule has 1 unspecified atom stereocenters. The molecule has 72 valence electrons. The van der Waals surface area contributed by atoms with Crippen molar-refractivity contribution in [1.82, 2.24) is 0 Å². The Bertz CT molecular complexity index is 216. The van der Waals surface area contributed by atoms with Gasteiger partial charge in [-0.3, -0.25) is 0 Å². The Morgan fingerprint density at radius 3 is 2.46 bits per heavy atom. The molecule has 1 aliphatic rings. The number of ether oxygens (including phenoxy) is 1. The van der Waals surface area contributed by atoms with Crippen LogP contribution >= 0.6 is 0 Å². The molecule has 0 saturated heterocycles. The van der Waals surface area contributed by atoms with Gasteiger partial charge in [-0.2, -0.15) is 0 Å². The minimum absolute atomic E-state index is 0.0579. The SMILES string of the molecule is CCCC(C=O)C1(OC)C=CC=C1. The third-order valence-corrected chi connectivity index (χ3v) is 2.52. The Hall–Kier alpha value is -0.890. The second-order valence-corrected chi connectivity index (χ2v) is 3.31. The number of allylic oxidation sites excluding steroid dienone is 2. The Morgan fingerprint density at radius 2 is 2.08 bits per heavy atom. The minimum Gasteiger partial charge on any atom is -0.369 e. The fourth-order valence-electron chi connectivity index (χ4n) is 1.71. The molecule has 0 aromatic heterocycles. The molecule has 0 heterocycles. The summed E-state index contributed by atoms with van der Waals surface area (Å²) in [6.45, 7) is 2.07. The summed E-state index contributed by atoms with van der Waals surface area (Å²) in [6, 6.07) is 0. The van der Waals surface area contributed by atoms with Gasteiger partial charge in [0.05, 0.1) is 5.92 Å². The van der Waals surface area contributed by atoms with Crippen molar-refractivity contribution in [3.8, 4) is 0 Å². The van der Waals surface area contributed by atoms with Gasteiger partial charge in [-0.25, -0.2) is 0 Å². The van der Waals surface area contributed by atoms with Gasteiger partial charge in [-0.05, 0) is 18.6 Å². The van der Waals surface area contributed by atoms with Crippen LogP contribution in [0.4, 0.5) is 0 Å². The van der Waals surface area contributed by atoms with Gasteiger partial charge >= 0.3 is 0 Å². The van der Waals surface area contributed by atoms with Crippen LogP contribution in [0.1, 0.15) is 19.8 Å². The summed E-state index contributed by atoms with van der Waals surface area (Å²) in [5.74, 6) is -0.0579. The van der Waals surface area contributed by atoms with Crippen LogP contribution in [-0.4, -0.2) is 19.0 Å². The second-order valence-electron chi connectivity index (χ2n) is 3.31. The molecule has 0 amide bonds. The maximum absolute atomic E-state index is 10.9. The molecule has 2 heteroatoms. The lowest BCUT2D eigenvalue weighted by Crippen LogP contribution is -2.35. The number of aldehydes is 1. The van der Waals surface area contributed by atoms with Crippen LogP contribution in [0.3, 0.4) is 0 Å². The van der Waals surface area contributed by atoms with Gasteiger partial charge in [-0.15, -0.1) is 0 Å². The molecule has 0 spiro atoms. The Morgan fingerprint density at radius 1 is 1.46 bits per heavy atom. The van der Waals surface area contributed by atoms with Crippen LogP contribution in [0, 0.1) is 5.92 Å². The van der Waals surface area contributed by atoms with E-state index in [1.165, 1.54) is 0 Å². The first kappa shape index (κ1) is 10.2. The van der Waals surface area contributed by atoms with Crippen LogP contribution < -0.4 is 0 Å². The van der Waals surface area contributed by atoms with E-state index in [1.807, 2.05) is 24.3 Å². The van der Waals surface area contributed by atoms with Gasteiger partial charge < -0.3 is 9.53 Å². The predicted octanol–water partition coefficient (Wildman–Crippen LogP) is 2.11. The number of hydrogen-bond acceptors (Lipinski definition) is 2. The third-order valence-electron chi connectivity index (χ3n) is 2.52. The van der Waals surface area contributed by atoms with Crippen molar-refractivity contribution in [1.29, 1.82) is 0 Å². The Labute approximate surface area is 79.3 Å². The van der Waals surface area contributed by atoms with Gasteiger partial charge in [0.15, 0.2) is 0 Å². The first-order chi connectivity index (χ1) is 6.29. The summed E-state index contributed by atoms with van der Waals surface area (Å²) in [6.07, 6.45) is 10.6. The highest BCUT2D eigenvalue weighted by molar-refractivity contribution is 5.59. The number of rotatable bonds is 5. The minimum atomic E-state index is -0.474. The normalized spacial score (nSPS) is 20.5. The largest absolute Gasteiger partial charge is 0.369 e. The maximum Gasteiger partial charge on any atom is 0.126 e. The molecule has 1 rings (SSSR count). The molecule has 0 aromatic rings. The van der Waals surface area contributed by atoms with Crippen LogP contribution in [0.15, 0.2) is 24.3 Å². The molecule has 1 atom stereocenters. The van der Waals surface area contributed by atoms with E-state index >= 15 is 0 Å². The van der Waals surface area contributed by atoms with E-state index in [9.17, 15) is 4.79 Å². The molecule has 0 radical (unpaired) electrons. The number of methoxy groups -OCH3 is 1. The Balaban J connectivity index is 2.79. The van der Waals surface area contributed by atoms with Crippen molar-refractivity contribution in [3.63, 3.8) is 0 Å². The lowest BCUT2D eigenvalue weighted by atomic mass is 9.86. The smallest absolute Gasteiger partial charge is 0.126 e. The van der Waals surface area contributed by atoms with E-state index in [1.54, 1.807) is 7.11 Å². The topological polar surface area (TPSA) is 26.3 Å². The van der Waals surface area contributed by atoms with Crippen LogP contribution in [-0.2, 0) is 9.53 Å². The van der Waals surface area contributed by atoms with Crippen molar-refractivity contribution in [2.45, 2.75) is 25.4 Å². The molecular formula is C11H16O2. The van der Waals surface area contributed by atoms with E-state index in [-0.39, 0.29) is 5.92 Å². The van der Waals surface area contributed by atoms with Crippen molar-refractivity contribution >= 4 is 6.29 Å². The molecule has 1 aliphatic carbocycles. The van der Waals surface area contributed by atoms with Gasteiger partial charge in [0.1, 0.15) is 11.9 Å². The molecule has 0 bridgehead atoms. The molecule has 0 saturated carbocycles. The van der Waals surface area contributed by atoms with E-state index < -0.39 is 5.60 Å². The number of carbonyl (C=O) groups is 1. The summed E-state index contributed by atoms with van der Waals surface area (Å²) in [5.41, 5.74) is -0.474. The quantitative estimate of drug-likeness (QED) is 0.606. The third kappa shape index (κ3) is 1.89. The summed E-state index contributed by atoms with van der Waals surface area (Å²) in [4.78, 5) is 10.9. The molecule has 0 aliphatic heterocycles. The second kappa shape index (κ2) is 4.38. The molecule has 0 N–H and O–H groups in total. The van der Waals surface area contributed by atoms with E-state index in [0.717, 1.165) is 19.1 Å². The van der Waals surface area contributed by atoms with Gasteiger partial charge in [0, 0.05) is 7.11 Å². The highest BCUT2D eigenvalue weighted by Gasteiger charge is 2.34. The molecular weight excluding hydrogens is 164 g/mol. The summed E-state index contributed by atoms with van der Waals surface area (Å²) in [5, 5.41) is 0. The molecule has 13 heavy (non-hydrogen) atoms. The van der Waals surface area contributed by atoms with Gasteiger partial charge in [-0.1, -0.05) is 25.5 Å². The highest BCUT2D eigenvalue weighted by atomic mass is 16.5. The lowest BCUT2D eigenvalue weighted by molar-refractivity contribution is -0.116. The van der Waals surface area contributed by atoms with Crippen LogP contribution in [0.25, 0.3) is 0 Å². The fourth-order valence-corrected chi connectivity index (χ4v) is 1.71. The first-order valence-corrected chi connectivity index (χ1v) is 4.66. The Kier molecular flexibility index (Phi) is 3.43. The summed E-state index contributed by atoms with van der Waals surface area (Å²) >= 11 is 0. The summed E-state index contributed by atoms with van der Waals surface area (Å²) < 4.78 is 5.40. The molecule has 0 fully saturated rings. The van der Waals surface area contributed by atoms with E-state index in [2.05, 4.69) is 6.92 Å². The van der Waals surface area contributed by atoms with Crippen molar-refractivity contribution in [3.05, 3.63) is 24.3 Å². The van der Waals surface area contributed by atoms with Crippen molar-refractivity contribution in [2.75, 3.05) is 7.11 Å². The average molecular weight is 180 g/mol. The zero-order chi connectivity index (χ0) is 9.73. The number of carbonyl (C=O) groups excluding carboxylic acids is 1. The zero-order valence-electron chi connectivity index (χ0n) is 8.19. The first-order valence-electron chi connectivity index (χ1n) is 4.66. The monoisotopic (exact) mass is 180 g/mol. The zero-order valence-corrected chi connectivity index (χ0v) is 8.19. The van der Waals surface area contributed by atoms with E-state index in [4.69, 9.17) is 4.74 Å². The maximum atomic E-state index is 10.9. The van der Waals surface area contributed by atoms with Crippen molar-refractivity contribution in [2.24, 2.45) is 5.92 Å². The van der Waals surface area contributed by atoms with Crippen LogP contribution in [0.5, 0.6) is 0 Å².